The monoisotopic (exact) mass is 393 g/mol. The van der Waals surface area contributed by atoms with Crippen molar-refractivity contribution >= 4 is 34.9 Å². The maximum Gasteiger partial charge on any atom is 0.267 e. The van der Waals surface area contributed by atoms with Gasteiger partial charge in [0, 0.05) is 23.3 Å². The van der Waals surface area contributed by atoms with Crippen molar-refractivity contribution < 1.29 is 18.8 Å². The number of carbonyl (C=O) groups excluding carboxylic acids is 3. The summed E-state index contributed by atoms with van der Waals surface area (Å²) in [5, 5.41) is 5.32. The van der Waals surface area contributed by atoms with Crippen LogP contribution in [0.4, 0.5) is 10.1 Å². The number of halogens is 2. The van der Waals surface area contributed by atoms with Crippen LogP contribution in [0.3, 0.4) is 0 Å². The van der Waals surface area contributed by atoms with Crippen molar-refractivity contribution in [3.8, 4) is 0 Å². The van der Waals surface area contributed by atoms with Crippen molar-refractivity contribution in [1.29, 1.82) is 0 Å². The van der Waals surface area contributed by atoms with E-state index in [-0.39, 0.29) is 40.4 Å². The fourth-order valence-electron chi connectivity index (χ4n) is 2.88. The molecule has 0 radical (unpaired) electrons. The summed E-state index contributed by atoms with van der Waals surface area (Å²) >= 11 is 5.81. The molecule has 144 valence electrons. The van der Waals surface area contributed by atoms with E-state index in [1.54, 1.807) is 4.57 Å². The molecule has 0 bridgehead atoms. The van der Waals surface area contributed by atoms with E-state index in [1.165, 1.54) is 26.1 Å². The zero-order valence-corrected chi connectivity index (χ0v) is 16.3. The molecule has 2 rings (SSSR count). The standard InChI is InChI=1S/C19H21ClFN3O3/c1-10(2)17-15(8-16(19(27)22-4)24(17)9-11(3)25)23-18(26)12-5-13(20)7-14(21)6-12/h5-8,10H,9H2,1-4H3,(H,22,27)(H,23,26). The lowest BCUT2D eigenvalue weighted by atomic mass is 10.1. The molecule has 1 aromatic carbocycles. The van der Waals surface area contributed by atoms with Crippen LogP contribution in [0.25, 0.3) is 0 Å². The first-order valence-corrected chi connectivity index (χ1v) is 8.74. The number of anilines is 1. The Bertz CT molecular complexity index is 886. The van der Waals surface area contributed by atoms with E-state index in [1.807, 2.05) is 13.8 Å². The van der Waals surface area contributed by atoms with Gasteiger partial charge in [-0.3, -0.25) is 14.4 Å². The summed E-state index contributed by atoms with van der Waals surface area (Å²) < 4.78 is 15.1. The van der Waals surface area contributed by atoms with Gasteiger partial charge >= 0.3 is 0 Å². The molecule has 2 N–H and O–H groups in total. The first kappa shape index (κ1) is 20.6. The summed E-state index contributed by atoms with van der Waals surface area (Å²) in [5.41, 5.74) is 1.31. The number of nitrogens with zero attached hydrogens (tertiary/aromatic N) is 1. The zero-order chi connectivity index (χ0) is 20.3. The molecule has 0 aliphatic carbocycles. The van der Waals surface area contributed by atoms with Crippen LogP contribution in [0.1, 0.15) is 53.2 Å². The molecule has 0 saturated carbocycles. The van der Waals surface area contributed by atoms with Crippen LogP contribution >= 0.6 is 11.6 Å². The molecule has 0 atom stereocenters. The minimum absolute atomic E-state index is 0.00205. The van der Waals surface area contributed by atoms with Gasteiger partial charge in [-0.25, -0.2) is 4.39 Å². The minimum atomic E-state index is -0.628. The fraction of sp³-hybridized carbons (Fsp3) is 0.316. The Morgan fingerprint density at radius 3 is 2.33 bits per heavy atom. The molecule has 1 aromatic heterocycles. The van der Waals surface area contributed by atoms with Crippen molar-refractivity contribution in [2.75, 3.05) is 12.4 Å². The number of benzene rings is 1. The predicted octanol–water partition coefficient (Wildman–Crippen LogP) is 3.60. The van der Waals surface area contributed by atoms with Crippen molar-refractivity contribution in [3.05, 3.63) is 52.1 Å². The van der Waals surface area contributed by atoms with Crippen molar-refractivity contribution in [2.24, 2.45) is 0 Å². The molecular weight excluding hydrogens is 373 g/mol. The Labute approximate surface area is 161 Å². The number of amides is 2. The average molecular weight is 394 g/mol. The van der Waals surface area contributed by atoms with Crippen LogP contribution in [-0.2, 0) is 11.3 Å². The maximum absolute atomic E-state index is 13.5. The molecule has 0 spiro atoms. The molecule has 0 saturated heterocycles. The van der Waals surface area contributed by atoms with Gasteiger partial charge in [0.15, 0.2) is 0 Å². The average Bonchev–Trinajstić information content (AvgIpc) is 2.90. The second-order valence-electron chi connectivity index (χ2n) is 6.46. The summed E-state index contributed by atoms with van der Waals surface area (Å²) in [6.07, 6.45) is 0. The van der Waals surface area contributed by atoms with Gasteiger partial charge in [-0.1, -0.05) is 25.4 Å². The quantitative estimate of drug-likeness (QED) is 0.786. The lowest BCUT2D eigenvalue weighted by Gasteiger charge is -2.15. The molecule has 27 heavy (non-hydrogen) atoms. The summed E-state index contributed by atoms with van der Waals surface area (Å²) in [4.78, 5) is 36.5. The number of rotatable bonds is 6. The number of ketones is 1. The third kappa shape index (κ3) is 4.74. The highest BCUT2D eigenvalue weighted by Crippen LogP contribution is 2.29. The molecule has 0 aliphatic rings. The molecule has 0 unspecified atom stereocenters. The van der Waals surface area contributed by atoms with Gasteiger partial charge in [0.1, 0.15) is 17.3 Å². The third-order valence-corrected chi connectivity index (χ3v) is 4.12. The Morgan fingerprint density at radius 2 is 1.81 bits per heavy atom. The molecule has 1 heterocycles. The number of carbonyl (C=O) groups is 3. The first-order chi connectivity index (χ1) is 12.6. The maximum atomic E-state index is 13.5. The number of aromatic nitrogens is 1. The predicted molar refractivity (Wildman–Crippen MR) is 102 cm³/mol. The Hall–Kier alpha value is -2.67. The molecule has 8 heteroatoms. The lowest BCUT2D eigenvalue weighted by Crippen LogP contribution is -2.24. The second kappa shape index (κ2) is 8.35. The number of hydrogen-bond acceptors (Lipinski definition) is 3. The van der Waals surface area contributed by atoms with Gasteiger partial charge in [-0.05, 0) is 37.1 Å². The smallest absolute Gasteiger partial charge is 0.267 e. The molecule has 6 nitrogen and oxygen atoms in total. The van der Waals surface area contributed by atoms with E-state index in [0.717, 1.165) is 12.1 Å². The highest BCUT2D eigenvalue weighted by Gasteiger charge is 2.23. The fourth-order valence-corrected chi connectivity index (χ4v) is 3.10. The third-order valence-electron chi connectivity index (χ3n) is 3.90. The molecule has 0 aliphatic heterocycles. The normalized spacial score (nSPS) is 10.8. The summed E-state index contributed by atoms with van der Waals surface area (Å²) in [6.45, 7) is 5.19. The van der Waals surface area contributed by atoms with Crippen LogP contribution in [0.15, 0.2) is 24.3 Å². The van der Waals surface area contributed by atoms with E-state index in [0.29, 0.717) is 11.4 Å². The molecule has 2 aromatic rings. The number of Topliss-reactive ketones (excluding diaryl/α,β-unsaturated/α-hetero) is 1. The van der Waals surface area contributed by atoms with Gasteiger partial charge < -0.3 is 15.2 Å². The Balaban J connectivity index is 2.51. The number of nitrogens with one attached hydrogen (secondary N) is 2. The van der Waals surface area contributed by atoms with E-state index < -0.39 is 11.7 Å². The van der Waals surface area contributed by atoms with E-state index in [4.69, 9.17) is 11.6 Å². The van der Waals surface area contributed by atoms with Crippen molar-refractivity contribution in [2.45, 2.75) is 33.2 Å². The summed E-state index contributed by atoms with van der Waals surface area (Å²) in [6, 6.07) is 5.03. The molecular formula is C19H21ClFN3O3. The second-order valence-corrected chi connectivity index (χ2v) is 6.90. The van der Waals surface area contributed by atoms with E-state index >= 15 is 0 Å². The van der Waals surface area contributed by atoms with Gasteiger partial charge in [0.05, 0.1) is 12.2 Å². The summed E-state index contributed by atoms with van der Waals surface area (Å²) in [7, 11) is 1.48. The number of hydrogen-bond donors (Lipinski definition) is 2. The van der Waals surface area contributed by atoms with Crippen LogP contribution < -0.4 is 10.6 Å². The van der Waals surface area contributed by atoms with Gasteiger partial charge in [0.25, 0.3) is 11.8 Å². The van der Waals surface area contributed by atoms with Gasteiger partial charge in [-0.15, -0.1) is 0 Å². The van der Waals surface area contributed by atoms with Crippen molar-refractivity contribution in [3.63, 3.8) is 0 Å². The topological polar surface area (TPSA) is 80.2 Å². The van der Waals surface area contributed by atoms with Crippen LogP contribution in [-0.4, -0.2) is 29.2 Å². The molecule has 2 amide bonds. The summed E-state index contributed by atoms with van der Waals surface area (Å²) in [5.74, 6) is -1.80. The highest BCUT2D eigenvalue weighted by atomic mass is 35.5. The SMILES string of the molecule is CNC(=O)c1cc(NC(=O)c2cc(F)cc(Cl)c2)c(C(C)C)n1CC(C)=O. The highest BCUT2D eigenvalue weighted by molar-refractivity contribution is 6.31. The Kier molecular flexibility index (Phi) is 6.38. The van der Waals surface area contributed by atoms with Crippen LogP contribution in [0.2, 0.25) is 5.02 Å². The van der Waals surface area contributed by atoms with E-state index in [9.17, 15) is 18.8 Å². The molecule has 0 fully saturated rings. The van der Waals surface area contributed by atoms with Gasteiger partial charge in [0.2, 0.25) is 0 Å². The van der Waals surface area contributed by atoms with Gasteiger partial charge in [-0.2, -0.15) is 0 Å². The zero-order valence-electron chi connectivity index (χ0n) is 15.5. The largest absolute Gasteiger partial charge is 0.354 e. The Morgan fingerprint density at radius 1 is 1.15 bits per heavy atom. The minimum Gasteiger partial charge on any atom is -0.354 e. The van der Waals surface area contributed by atoms with E-state index in [2.05, 4.69) is 10.6 Å². The first-order valence-electron chi connectivity index (χ1n) is 8.36. The van der Waals surface area contributed by atoms with Crippen LogP contribution in [0.5, 0.6) is 0 Å². The van der Waals surface area contributed by atoms with Crippen LogP contribution in [0, 0.1) is 5.82 Å². The van der Waals surface area contributed by atoms with Crippen molar-refractivity contribution in [1.82, 2.24) is 9.88 Å². The lowest BCUT2D eigenvalue weighted by molar-refractivity contribution is -0.117.